The number of aromatic amines is 1. The number of rotatable bonds is 4. The highest BCUT2D eigenvalue weighted by Gasteiger charge is 2.20. The molecule has 0 unspecified atom stereocenters. The molecule has 2 N–H and O–H groups in total. The van der Waals surface area contributed by atoms with Gasteiger partial charge in [-0.3, -0.25) is 9.89 Å². The van der Waals surface area contributed by atoms with Gasteiger partial charge in [0.05, 0.1) is 5.69 Å². The largest absolute Gasteiger partial charge is 0.304 e. The quantitative estimate of drug-likeness (QED) is 0.908. The number of aryl methyl sites for hydroxylation is 1. The van der Waals surface area contributed by atoms with E-state index in [0.717, 1.165) is 35.8 Å². The third kappa shape index (κ3) is 3.22. The van der Waals surface area contributed by atoms with Crippen LogP contribution in [0.5, 0.6) is 0 Å². The molecule has 0 saturated heterocycles. The van der Waals surface area contributed by atoms with E-state index in [-0.39, 0.29) is 11.3 Å². The second-order valence-electron chi connectivity index (χ2n) is 5.67. The minimum atomic E-state index is -0.199. The van der Waals surface area contributed by atoms with E-state index in [1.807, 2.05) is 13.0 Å². The van der Waals surface area contributed by atoms with Crippen LogP contribution < -0.4 is 5.32 Å². The molecule has 2 rings (SSSR count). The van der Waals surface area contributed by atoms with Gasteiger partial charge >= 0.3 is 0 Å². The number of hydrogen-bond donors (Lipinski definition) is 2. The maximum atomic E-state index is 12.2. The summed E-state index contributed by atoms with van der Waals surface area (Å²) < 4.78 is 3.85. The molecule has 2 aromatic rings. The van der Waals surface area contributed by atoms with E-state index in [9.17, 15) is 4.79 Å². The fraction of sp³-hybridized carbons (Fsp3) is 0.538. The van der Waals surface area contributed by atoms with Crippen molar-refractivity contribution in [2.75, 3.05) is 5.32 Å². The Morgan fingerprint density at radius 1 is 1.45 bits per heavy atom. The Morgan fingerprint density at radius 2 is 2.20 bits per heavy atom. The summed E-state index contributed by atoms with van der Waals surface area (Å²) in [6, 6.07) is 1.85. The van der Waals surface area contributed by atoms with Crippen molar-refractivity contribution in [2.45, 2.75) is 46.0 Å². The zero-order valence-electron chi connectivity index (χ0n) is 12.1. The Hall–Kier alpha value is -1.76. The number of aromatic nitrogens is 4. The van der Waals surface area contributed by atoms with Gasteiger partial charge in [-0.25, -0.2) is 0 Å². The van der Waals surface area contributed by atoms with Gasteiger partial charge in [0.25, 0.3) is 5.91 Å². The molecule has 0 aliphatic rings. The molecule has 2 heterocycles. The van der Waals surface area contributed by atoms with Gasteiger partial charge in [-0.2, -0.15) is 5.10 Å². The van der Waals surface area contributed by atoms with E-state index in [1.165, 1.54) is 0 Å². The smallest absolute Gasteiger partial charge is 0.270 e. The maximum absolute atomic E-state index is 12.2. The molecule has 6 nitrogen and oxygen atoms in total. The number of hydrogen-bond acceptors (Lipinski definition) is 5. The molecule has 0 atom stereocenters. The topological polar surface area (TPSA) is 83.6 Å². The predicted octanol–water partition coefficient (Wildman–Crippen LogP) is 2.76. The lowest BCUT2D eigenvalue weighted by Gasteiger charge is -2.14. The summed E-state index contributed by atoms with van der Waals surface area (Å²) in [5.74, 6) is 0.325. The number of carbonyl (C=O) groups excluding carboxylic acids is 1. The highest BCUT2D eigenvalue weighted by Crippen LogP contribution is 2.22. The first-order chi connectivity index (χ1) is 9.41. The SMILES string of the molecule is CCCc1nnsc1C(=O)Nc1cc(C(C)(C)C)[nH]n1. The summed E-state index contributed by atoms with van der Waals surface area (Å²) in [5, 5.41) is 13.8. The zero-order valence-corrected chi connectivity index (χ0v) is 13.0. The van der Waals surface area contributed by atoms with Crippen LogP contribution in [0.25, 0.3) is 0 Å². The van der Waals surface area contributed by atoms with Gasteiger partial charge in [0.1, 0.15) is 4.88 Å². The maximum Gasteiger partial charge on any atom is 0.270 e. The lowest BCUT2D eigenvalue weighted by molar-refractivity contribution is 0.102. The van der Waals surface area contributed by atoms with Crippen molar-refractivity contribution in [3.8, 4) is 0 Å². The first-order valence-corrected chi connectivity index (χ1v) is 7.37. The molecular formula is C13H19N5OS. The molecule has 0 aromatic carbocycles. The third-order valence-electron chi connectivity index (χ3n) is 2.88. The third-order valence-corrected chi connectivity index (χ3v) is 3.64. The van der Waals surface area contributed by atoms with Gasteiger partial charge in [-0.15, -0.1) is 5.10 Å². The Morgan fingerprint density at radius 3 is 2.80 bits per heavy atom. The predicted molar refractivity (Wildman–Crippen MR) is 79.1 cm³/mol. The van der Waals surface area contributed by atoms with E-state index in [0.29, 0.717) is 10.7 Å². The summed E-state index contributed by atoms with van der Waals surface area (Å²) in [5.41, 5.74) is 1.70. The molecule has 1 amide bonds. The monoisotopic (exact) mass is 293 g/mol. The average Bonchev–Trinajstić information content (AvgIpc) is 2.97. The normalized spacial score (nSPS) is 11.6. The van der Waals surface area contributed by atoms with Crippen LogP contribution in [-0.4, -0.2) is 25.7 Å². The van der Waals surface area contributed by atoms with Crippen LogP contribution in [0.3, 0.4) is 0 Å². The zero-order chi connectivity index (χ0) is 14.8. The van der Waals surface area contributed by atoms with E-state index in [2.05, 4.69) is 45.9 Å². The number of amides is 1. The van der Waals surface area contributed by atoms with Crippen LogP contribution in [0, 0.1) is 0 Å². The summed E-state index contributed by atoms with van der Waals surface area (Å²) in [6.45, 7) is 8.29. The Labute approximate surface area is 122 Å². The van der Waals surface area contributed by atoms with Crippen molar-refractivity contribution in [1.82, 2.24) is 19.8 Å². The van der Waals surface area contributed by atoms with Crippen molar-refractivity contribution in [1.29, 1.82) is 0 Å². The number of carbonyl (C=O) groups is 1. The van der Waals surface area contributed by atoms with Gasteiger partial charge in [0, 0.05) is 17.2 Å². The number of nitrogens with zero attached hydrogens (tertiary/aromatic N) is 3. The van der Waals surface area contributed by atoms with Gasteiger partial charge in [-0.1, -0.05) is 38.6 Å². The molecule has 0 bridgehead atoms. The first-order valence-electron chi connectivity index (χ1n) is 6.60. The highest BCUT2D eigenvalue weighted by molar-refractivity contribution is 7.08. The fourth-order valence-corrected chi connectivity index (χ4v) is 2.33. The number of H-pyrrole nitrogens is 1. The molecule has 20 heavy (non-hydrogen) atoms. The average molecular weight is 293 g/mol. The van der Waals surface area contributed by atoms with E-state index in [4.69, 9.17) is 0 Å². The summed E-state index contributed by atoms with van der Waals surface area (Å²) in [6.07, 6.45) is 1.69. The molecule has 2 aromatic heterocycles. The second-order valence-corrected chi connectivity index (χ2v) is 6.42. The van der Waals surface area contributed by atoms with Crippen LogP contribution >= 0.6 is 11.5 Å². The van der Waals surface area contributed by atoms with Crippen molar-refractivity contribution >= 4 is 23.3 Å². The molecule has 0 radical (unpaired) electrons. The molecule has 7 heteroatoms. The minimum Gasteiger partial charge on any atom is -0.304 e. The highest BCUT2D eigenvalue weighted by atomic mass is 32.1. The van der Waals surface area contributed by atoms with Gasteiger partial charge in [0.15, 0.2) is 5.82 Å². The van der Waals surface area contributed by atoms with E-state index < -0.39 is 0 Å². The van der Waals surface area contributed by atoms with Crippen LogP contribution in [0.4, 0.5) is 5.82 Å². The van der Waals surface area contributed by atoms with Crippen LogP contribution in [0.15, 0.2) is 6.07 Å². The Balaban J connectivity index is 2.11. The van der Waals surface area contributed by atoms with Crippen LogP contribution in [0.1, 0.15) is 55.2 Å². The molecular weight excluding hydrogens is 274 g/mol. The standard InChI is InChI=1S/C13H19N5OS/c1-5-6-8-11(20-18-15-8)12(19)14-10-7-9(16-17-10)13(2,3)4/h7H,5-6H2,1-4H3,(H2,14,16,17,19). The van der Waals surface area contributed by atoms with E-state index in [1.54, 1.807) is 0 Å². The molecule has 108 valence electrons. The molecule has 0 saturated carbocycles. The lowest BCUT2D eigenvalue weighted by Crippen LogP contribution is -2.13. The van der Waals surface area contributed by atoms with Crippen LogP contribution in [-0.2, 0) is 11.8 Å². The molecule has 0 spiro atoms. The summed E-state index contributed by atoms with van der Waals surface area (Å²) >= 11 is 1.12. The van der Waals surface area contributed by atoms with Crippen LogP contribution in [0.2, 0.25) is 0 Å². The lowest BCUT2D eigenvalue weighted by atomic mass is 9.92. The van der Waals surface area contributed by atoms with E-state index >= 15 is 0 Å². The number of anilines is 1. The summed E-state index contributed by atoms with van der Waals surface area (Å²) in [4.78, 5) is 12.8. The Bertz CT molecular complexity index is 596. The minimum absolute atomic E-state index is 0.0323. The van der Waals surface area contributed by atoms with Gasteiger partial charge in [0.2, 0.25) is 0 Å². The molecule has 0 fully saturated rings. The van der Waals surface area contributed by atoms with Crippen molar-refractivity contribution in [2.24, 2.45) is 0 Å². The molecule has 0 aliphatic heterocycles. The molecule has 0 aliphatic carbocycles. The van der Waals surface area contributed by atoms with Gasteiger partial charge < -0.3 is 5.32 Å². The van der Waals surface area contributed by atoms with Gasteiger partial charge in [-0.05, 0) is 18.0 Å². The Kier molecular flexibility index (Phi) is 4.17. The fourth-order valence-electron chi connectivity index (χ4n) is 1.72. The van der Waals surface area contributed by atoms with Crippen molar-refractivity contribution in [3.63, 3.8) is 0 Å². The van der Waals surface area contributed by atoms with Crippen molar-refractivity contribution < 1.29 is 4.79 Å². The van der Waals surface area contributed by atoms with Crippen molar-refractivity contribution in [3.05, 3.63) is 22.3 Å². The number of nitrogens with one attached hydrogen (secondary N) is 2. The first kappa shape index (κ1) is 14.6. The summed E-state index contributed by atoms with van der Waals surface area (Å²) in [7, 11) is 0. The second kappa shape index (κ2) is 5.70.